The van der Waals surface area contributed by atoms with Crippen molar-refractivity contribution in [2.45, 2.75) is 44.8 Å². The van der Waals surface area contributed by atoms with Gasteiger partial charge in [0.1, 0.15) is 11.6 Å². The van der Waals surface area contributed by atoms with Gasteiger partial charge in [-0.25, -0.2) is 0 Å². The van der Waals surface area contributed by atoms with E-state index in [2.05, 4.69) is 24.6 Å². The molecule has 1 aromatic rings. The van der Waals surface area contributed by atoms with Crippen molar-refractivity contribution >= 4 is 5.91 Å². The number of hydrogen-bond donors (Lipinski definition) is 0. The highest BCUT2D eigenvalue weighted by Gasteiger charge is 2.41. The molecule has 0 saturated carbocycles. The fourth-order valence-electron chi connectivity index (χ4n) is 4.02. The van der Waals surface area contributed by atoms with Crippen LogP contribution in [0, 0.1) is 6.92 Å². The van der Waals surface area contributed by atoms with Gasteiger partial charge in [-0.15, -0.1) is 10.2 Å². The van der Waals surface area contributed by atoms with Gasteiger partial charge < -0.3 is 14.2 Å². The molecule has 0 radical (unpaired) electrons. The van der Waals surface area contributed by atoms with E-state index in [1.807, 2.05) is 6.92 Å². The number of fused-ring (bicyclic) bond motifs is 3. The highest BCUT2D eigenvalue weighted by atomic mass is 16.5. The number of ether oxygens (including phenoxy) is 1. The van der Waals surface area contributed by atoms with Crippen LogP contribution in [-0.4, -0.2) is 75.4 Å². The molecule has 0 N–H and O–H groups in total. The molecule has 1 amide bonds. The third-order valence-electron chi connectivity index (χ3n) is 5.19. The maximum absolute atomic E-state index is 12.8. The largest absolute Gasteiger partial charge is 0.379 e. The first kappa shape index (κ1) is 14.1. The summed E-state index contributed by atoms with van der Waals surface area (Å²) in [6.07, 6.45) is 3.02. The topological polar surface area (TPSA) is 63.5 Å². The molecule has 4 rings (SSSR count). The molecule has 0 unspecified atom stereocenters. The summed E-state index contributed by atoms with van der Waals surface area (Å²) in [6.45, 7) is 6.56. The van der Waals surface area contributed by atoms with E-state index in [0.29, 0.717) is 18.6 Å². The second kappa shape index (κ2) is 5.62. The highest BCUT2D eigenvalue weighted by molar-refractivity contribution is 5.79. The Morgan fingerprint density at radius 1 is 1.23 bits per heavy atom. The number of carbonyl (C=O) groups is 1. The second-order valence-electron chi connectivity index (χ2n) is 6.55. The molecule has 2 fully saturated rings. The lowest BCUT2D eigenvalue weighted by atomic mass is 10.1. The Labute approximate surface area is 130 Å². The van der Waals surface area contributed by atoms with Gasteiger partial charge in [0, 0.05) is 32.1 Å². The molecule has 3 aliphatic heterocycles. The zero-order chi connectivity index (χ0) is 15.1. The molecule has 2 bridgehead atoms. The Morgan fingerprint density at radius 3 is 2.82 bits per heavy atom. The van der Waals surface area contributed by atoms with Crippen molar-refractivity contribution in [2.75, 3.05) is 32.8 Å². The normalized spacial score (nSPS) is 28.5. The fourth-order valence-corrected chi connectivity index (χ4v) is 4.02. The summed E-state index contributed by atoms with van der Waals surface area (Å²) in [5.74, 6) is 2.27. The minimum Gasteiger partial charge on any atom is -0.379 e. The first-order valence-corrected chi connectivity index (χ1v) is 8.22. The van der Waals surface area contributed by atoms with E-state index in [4.69, 9.17) is 4.74 Å². The van der Waals surface area contributed by atoms with Crippen LogP contribution < -0.4 is 0 Å². The molecule has 2 saturated heterocycles. The average molecular weight is 305 g/mol. The summed E-state index contributed by atoms with van der Waals surface area (Å²) in [6, 6.07) is 0.595. The van der Waals surface area contributed by atoms with Crippen LogP contribution in [0.25, 0.3) is 0 Å². The van der Waals surface area contributed by atoms with E-state index in [-0.39, 0.29) is 5.91 Å². The lowest BCUT2D eigenvalue weighted by molar-refractivity contribution is -0.136. The third-order valence-corrected chi connectivity index (χ3v) is 5.19. The van der Waals surface area contributed by atoms with Gasteiger partial charge in [-0.3, -0.25) is 9.69 Å². The van der Waals surface area contributed by atoms with Crippen LogP contribution in [0.3, 0.4) is 0 Å². The maximum Gasteiger partial charge on any atom is 0.237 e. The Kier molecular flexibility index (Phi) is 3.62. The van der Waals surface area contributed by atoms with Crippen LogP contribution in [-0.2, 0) is 22.5 Å². The highest BCUT2D eigenvalue weighted by Crippen LogP contribution is 2.31. The number of morpholine rings is 1. The molecule has 0 aromatic carbocycles. The van der Waals surface area contributed by atoms with Gasteiger partial charge in [-0.1, -0.05) is 0 Å². The van der Waals surface area contributed by atoms with Crippen LogP contribution in [0.2, 0.25) is 0 Å². The predicted molar refractivity (Wildman–Crippen MR) is 79.4 cm³/mol. The first-order valence-electron chi connectivity index (χ1n) is 8.22. The summed E-state index contributed by atoms with van der Waals surface area (Å²) in [5, 5.41) is 8.48. The average Bonchev–Trinajstić information content (AvgIpc) is 3.00. The molecule has 7 nitrogen and oxygen atoms in total. The molecular formula is C15H23N5O2. The van der Waals surface area contributed by atoms with Crippen molar-refractivity contribution < 1.29 is 9.53 Å². The summed E-state index contributed by atoms with van der Waals surface area (Å²) in [4.78, 5) is 17.2. The van der Waals surface area contributed by atoms with Crippen LogP contribution in [0.15, 0.2) is 0 Å². The molecule has 0 spiro atoms. The van der Waals surface area contributed by atoms with Gasteiger partial charge in [0.2, 0.25) is 5.91 Å². The minimum atomic E-state index is 0.269. The van der Waals surface area contributed by atoms with E-state index in [1.54, 1.807) is 0 Å². The van der Waals surface area contributed by atoms with E-state index in [9.17, 15) is 4.79 Å². The molecule has 3 aliphatic rings. The molecule has 7 heteroatoms. The van der Waals surface area contributed by atoms with Gasteiger partial charge in [0.25, 0.3) is 0 Å². The Morgan fingerprint density at radius 2 is 2.00 bits per heavy atom. The number of amides is 1. The van der Waals surface area contributed by atoms with Gasteiger partial charge >= 0.3 is 0 Å². The van der Waals surface area contributed by atoms with E-state index >= 15 is 0 Å². The van der Waals surface area contributed by atoms with Gasteiger partial charge in [0.15, 0.2) is 0 Å². The number of rotatable bonds is 2. The number of carbonyl (C=O) groups excluding carboxylic acids is 1. The molecular weight excluding hydrogens is 282 g/mol. The van der Waals surface area contributed by atoms with Crippen molar-refractivity contribution in [3.05, 3.63) is 11.6 Å². The number of hydrogen-bond acceptors (Lipinski definition) is 5. The summed E-state index contributed by atoms with van der Waals surface area (Å²) < 4.78 is 7.55. The van der Waals surface area contributed by atoms with Gasteiger partial charge in [-0.05, 0) is 19.8 Å². The zero-order valence-electron chi connectivity index (χ0n) is 13.1. The second-order valence-corrected chi connectivity index (χ2v) is 6.55. The SMILES string of the molecule is Cc1nnc2n1C[C@H]1CC[C@@H](C2)N1C(=O)CN1CCOCC1. The number of aromatic nitrogens is 3. The minimum absolute atomic E-state index is 0.269. The van der Waals surface area contributed by atoms with E-state index < -0.39 is 0 Å². The fraction of sp³-hybridized carbons (Fsp3) is 0.800. The van der Waals surface area contributed by atoms with Crippen LogP contribution in [0.1, 0.15) is 24.5 Å². The van der Waals surface area contributed by atoms with Crippen molar-refractivity contribution in [1.29, 1.82) is 0 Å². The Bertz CT molecular complexity index is 566. The Balaban J connectivity index is 1.49. The van der Waals surface area contributed by atoms with E-state index in [0.717, 1.165) is 63.8 Å². The number of nitrogens with zero attached hydrogens (tertiary/aromatic N) is 5. The standard InChI is InChI=1S/C15H23N5O2/c1-11-16-17-14-8-12-2-3-13(9-19(11)14)20(12)15(21)10-18-4-6-22-7-5-18/h12-13H,2-10H2,1H3/t12-,13+/m0/s1. The van der Waals surface area contributed by atoms with Gasteiger partial charge in [-0.2, -0.15) is 0 Å². The molecule has 1 aromatic heterocycles. The maximum atomic E-state index is 12.8. The summed E-state index contributed by atoms with van der Waals surface area (Å²) >= 11 is 0. The third kappa shape index (κ3) is 2.42. The first-order chi connectivity index (χ1) is 10.7. The number of aryl methyl sites for hydroxylation is 1. The molecule has 120 valence electrons. The smallest absolute Gasteiger partial charge is 0.237 e. The lowest BCUT2D eigenvalue weighted by Crippen LogP contribution is -2.49. The lowest BCUT2D eigenvalue weighted by Gasteiger charge is -2.32. The van der Waals surface area contributed by atoms with Crippen LogP contribution in [0.4, 0.5) is 0 Å². The quantitative estimate of drug-likeness (QED) is 0.759. The van der Waals surface area contributed by atoms with Crippen molar-refractivity contribution in [1.82, 2.24) is 24.6 Å². The van der Waals surface area contributed by atoms with Crippen LogP contribution in [0.5, 0.6) is 0 Å². The predicted octanol–water partition coefficient (Wildman–Crippen LogP) is -0.166. The zero-order valence-corrected chi connectivity index (χ0v) is 13.1. The molecule has 4 heterocycles. The Hall–Kier alpha value is -1.47. The monoisotopic (exact) mass is 305 g/mol. The van der Waals surface area contributed by atoms with Gasteiger partial charge in [0.05, 0.1) is 25.8 Å². The van der Waals surface area contributed by atoms with E-state index in [1.165, 1.54) is 0 Å². The van der Waals surface area contributed by atoms with Crippen molar-refractivity contribution in [3.63, 3.8) is 0 Å². The van der Waals surface area contributed by atoms with Crippen molar-refractivity contribution in [2.24, 2.45) is 0 Å². The van der Waals surface area contributed by atoms with Crippen LogP contribution >= 0.6 is 0 Å². The summed E-state index contributed by atoms with van der Waals surface area (Å²) in [7, 11) is 0. The molecule has 22 heavy (non-hydrogen) atoms. The summed E-state index contributed by atoms with van der Waals surface area (Å²) in [5.41, 5.74) is 0. The van der Waals surface area contributed by atoms with Crippen molar-refractivity contribution in [3.8, 4) is 0 Å². The molecule has 0 aliphatic carbocycles. The molecule has 2 atom stereocenters.